The van der Waals surface area contributed by atoms with Crippen LogP contribution in [0.4, 0.5) is 17.1 Å². The quantitative estimate of drug-likeness (QED) is 0.484. The van der Waals surface area contributed by atoms with Crippen LogP contribution in [0.5, 0.6) is 0 Å². The summed E-state index contributed by atoms with van der Waals surface area (Å²) >= 11 is 0. The van der Waals surface area contributed by atoms with Gasteiger partial charge < -0.3 is 16.2 Å². The normalized spacial score (nSPS) is 14.6. The number of fused-ring (bicyclic) bond motifs is 1. The Hall–Kier alpha value is -3.86. The highest BCUT2D eigenvalue weighted by atomic mass is 16.1. The number of anilines is 2. The van der Waals surface area contributed by atoms with Crippen molar-refractivity contribution in [1.29, 1.82) is 0 Å². The molecule has 0 bridgehead atoms. The Morgan fingerprint density at radius 2 is 1.48 bits per heavy atom. The Balaban J connectivity index is 1.72. The average molecular weight is 354 g/mol. The first-order valence-electron chi connectivity index (χ1n) is 8.63. The Morgan fingerprint density at radius 3 is 2.26 bits per heavy atom. The fraction of sp³-hybridized carbons (Fsp3) is 0. The van der Waals surface area contributed by atoms with Crippen LogP contribution in [-0.4, -0.2) is 11.6 Å². The van der Waals surface area contributed by atoms with E-state index in [1.165, 1.54) is 0 Å². The number of nitrogens with zero attached hydrogens (tertiary/aromatic N) is 1. The van der Waals surface area contributed by atoms with E-state index in [1.807, 2.05) is 84.9 Å². The van der Waals surface area contributed by atoms with Crippen LogP contribution >= 0.6 is 0 Å². The van der Waals surface area contributed by atoms with Crippen LogP contribution in [0.2, 0.25) is 0 Å². The smallest absolute Gasteiger partial charge is 0.259 e. The number of carbonyl (C=O) groups is 1. The van der Waals surface area contributed by atoms with Gasteiger partial charge in [0, 0.05) is 11.8 Å². The van der Waals surface area contributed by atoms with Crippen molar-refractivity contribution in [3.63, 3.8) is 0 Å². The van der Waals surface area contributed by atoms with Crippen molar-refractivity contribution in [2.45, 2.75) is 0 Å². The molecular weight excluding hydrogens is 336 g/mol. The number of rotatable bonds is 4. The molecule has 0 atom stereocenters. The third-order valence-electron chi connectivity index (χ3n) is 4.14. The zero-order chi connectivity index (χ0) is 18.5. The van der Waals surface area contributed by atoms with Gasteiger partial charge in [-0.15, -0.1) is 0 Å². The van der Waals surface area contributed by atoms with Crippen molar-refractivity contribution in [3.05, 3.63) is 102 Å². The van der Waals surface area contributed by atoms with Crippen molar-refractivity contribution in [2.75, 3.05) is 10.7 Å². The van der Waals surface area contributed by atoms with Crippen LogP contribution in [0.25, 0.3) is 0 Å². The molecule has 0 radical (unpaired) electrons. The summed E-state index contributed by atoms with van der Waals surface area (Å²) in [7, 11) is 0. The standard InChI is InChI=1S/C22H18N4O/c27-22-18(15-23-26-17-11-5-2-6-12-17)21(16-9-3-1-4-10-16)24-19-13-7-8-14-20(19)25-22/h1-15,23,26H,(H,25,27)/b18-15+. The molecule has 3 aromatic carbocycles. The Kier molecular flexibility index (Phi) is 4.66. The number of para-hydroxylation sites is 3. The van der Waals surface area contributed by atoms with Gasteiger partial charge in [0.2, 0.25) is 0 Å². The van der Waals surface area contributed by atoms with E-state index >= 15 is 0 Å². The minimum absolute atomic E-state index is 0.218. The molecule has 0 saturated carbocycles. The molecule has 4 rings (SSSR count). The van der Waals surface area contributed by atoms with E-state index in [0.29, 0.717) is 17.0 Å². The predicted octanol–water partition coefficient (Wildman–Crippen LogP) is 4.26. The fourth-order valence-corrected chi connectivity index (χ4v) is 2.82. The zero-order valence-corrected chi connectivity index (χ0v) is 14.5. The molecule has 0 fully saturated rings. The van der Waals surface area contributed by atoms with Gasteiger partial charge in [-0.3, -0.25) is 4.79 Å². The summed E-state index contributed by atoms with van der Waals surface area (Å²) in [6, 6.07) is 26.9. The number of amides is 1. The summed E-state index contributed by atoms with van der Waals surface area (Å²) < 4.78 is 0. The highest BCUT2D eigenvalue weighted by Gasteiger charge is 2.22. The summed E-state index contributed by atoms with van der Waals surface area (Å²) in [5.74, 6) is -0.218. The van der Waals surface area contributed by atoms with Crippen LogP contribution in [0, 0.1) is 0 Å². The molecule has 1 heterocycles. The summed E-state index contributed by atoms with van der Waals surface area (Å²) in [5.41, 5.74) is 10.3. The van der Waals surface area contributed by atoms with Crippen molar-refractivity contribution < 1.29 is 4.79 Å². The van der Waals surface area contributed by atoms with Crippen LogP contribution in [0.3, 0.4) is 0 Å². The summed E-state index contributed by atoms with van der Waals surface area (Å²) in [4.78, 5) is 17.6. The van der Waals surface area contributed by atoms with Crippen LogP contribution in [-0.2, 0) is 4.79 Å². The molecule has 1 aliphatic rings. The molecule has 132 valence electrons. The Morgan fingerprint density at radius 1 is 0.815 bits per heavy atom. The van der Waals surface area contributed by atoms with E-state index in [0.717, 1.165) is 16.9 Å². The monoisotopic (exact) mass is 354 g/mol. The third-order valence-corrected chi connectivity index (χ3v) is 4.14. The molecule has 0 aromatic heterocycles. The van der Waals surface area contributed by atoms with Crippen LogP contribution < -0.4 is 16.2 Å². The van der Waals surface area contributed by atoms with E-state index in [9.17, 15) is 4.79 Å². The van der Waals surface area contributed by atoms with Gasteiger partial charge in [0.1, 0.15) is 0 Å². The van der Waals surface area contributed by atoms with Crippen LogP contribution in [0.1, 0.15) is 5.56 Å². The molecule has 5 heteroatoms. The second-order valence-electron chi connectivity index (χ2n) is 5.99. The number of hydrogen-bond donors (Lipinski definition) is 3. The van der Waals surface area contributed by atoms with Crippen LogP contribution in [0.15, 0.2) is 102 Å². The highest BCUT2D eigenvalue weighted by Crippen LogP contribution is 2.30. The fourth-order valence-electron chi connectivity index (χ4n) is 2.82. The molecule has 3 N–H and O–H groups in total. The van der Waals surface area contributed by atoms with E-state index in [-0.39, 0.29) is 5.91 Å². The van der Waals surface area contributed by atoms with Gasteiger partial charge in [-0.25, -0.2) is 4.99 Å². The second-order valence-corrected chi connectivity index (χ2v) is 5.99. The van der Waals surface area contributed by atoms with Gasteiger partial charge in [-0.1, -0.05) is 60.7 Å². The maximum absolute atomic E-state index is 12.9. The van der Waals surface area contributed by atoms with Gasteiger partial charge in [0.15, 0.2) is 0 Å². The number of hydrogen-bond acceptors (Lipinski definition) is 4. The minimum atomic E-state index is -0.218. The highest BCUT2D eigenvalue weighted by molar-refractivity contribution is 6.32. The van der Waals surface area contributed by atoms with Gasteiger partial charge in [-0.05, 0) is 24.3 Å². The summed E-state index contributed by atoms with van der Waals surface area (Å²) in [6.45, 7) is 0. The molecule has 27 heavy (non-hydrogen) atoms. The number of aliphatic imine (C=N–C) groups is 1. The van der Waals surface area contributed by atoms with E-state index in [2.05, 4.69) is 16.2 Å². The number of carbonyl (C=O) groups excluding carboxylic acids is 1. The molecule has 0 spiro atoms. The SMILES string of the molecule is O=C1Nc2ccccc2N=C(c2ccccc2)/C1=C\NNc1ccccc1. The number of benzene rings is 3. The first-order chi connectivity index (χ1) is 13.3. The lowest BCUT2D eigenvalue weighted by Crippen LogP contribution is -2.24. The molecule has 0 saturated heterocycles. The molecule has 0 aliphatic carbocycles. The van der Waals surface area contributed by atoms with Gasteiger partial charge in [0.05, 0.1) is 28.3 Å². The number of hydrazine groups is 1. The van der Waals surface area contributed by atoms with Crippen molar-refractivity contribution >= 4 is 28.7 Å². The molecule has 5 nitrogen and oxygen atoms in total. The number of nitrogens with one attached hydrogen (secondary N) is 3. The molecular formula is C22H18N4O. The van der Waals surface area contributed by atoms with Crippen molar-refractivity contribution in [2.24, 2.45) is 4.99 Å². The molecule has 1 aliphatic heterocycles. The van der Waals surface area contributed by atoms with E-state index in [1.54, 1.807) is 6.20 Å². The molecule has 0 unspecified atom stereocenters. The van der Waals surface area contributed by atoms with Gasteiger partial charge in [-0.2, -0.15) is 0 Å². The van der Waals surface area contributed by atoms with Gasteiger partial charge >= 0.3 is 0 Å². The minimum Gasteiger partial charge on any atom is -0.320 e. The second kappa shape index (κ2) is 7.58. The van der Waals surface area contributed by atoms with Gasteiger partial charge in [0.25, 0.3) is 5.91 Å². The lowest BCUT2D eigenvalue weighted by molar-refractivity contribution is -0.112. The lowest BCUT2D eigenvalue weighted by Gasteiger charge is -2.11. The largest absolute Gasteiger partial charge is 0.320 e. The summed E-state index contributed by atoms with van der Waals surface area (Å²) in [6.07, 6.45) is 1.64. The average Bonchev–Trinajstić information content (AvgIpc) is 2.86. The zero-order valence-electron chi connectivity index (χ0n) is 14.5. The van der Waals surface area contributed by atoms with Crippen molar-refractivity contribution in [3.8, 4) is 0 Å². The maximum Gasteiger partial charge on any atom is 0.259 e. The van der Waals surface area contributed by atoms with E-state index in [4.69, 9.17) is 4.99 Å². The predicted molar refractivity (Wildman–Crippen MR) is 109 cm³/mol. The first-order valence-corrected chi connectivity index (χ1v) is 8.63. The molecule has 3 aromatic rings. The summed E-state index contributed by atoms with van der Waals surface area (Å²) in [5, 5.41) is 2.93. The Bertz CT molecular complexity index is 1010. The topological polar surface area (TPSA) is 65.5 Å². The third kappa shape index (κ3) is 3.72. The maximum atomic E-state index is 12.9. The molecule has 1 amide bonds. The Labute approximate surface area is 157 Å². The van der Waals surface area contributed by atoms with E-state index < -0.39 is 0 Å². The van der Waals surface area contributed by atoms with Crippen molar-refractivity contribution in [1.82, 2.24) is 5.43 Å². The lowest BCUT2D eigenvalue weighted by atomic mass is 10.0. The first kappa shape index (κ1) is 16.6.